The molecular weight excluding hydrogens is 242 g/mol. The summed E-state index contributed by atoms with van der Waals surface area (Å²) in [4.78, 5) is 21.1. The quantitative estimate of drug-likeness (QED) is 0.327. The molecular formula is C8H16ClNO6. The lowest BCUT2D eigenvalue weighted by atomic mass is 10.0. The molecule has 0 aromatic rings. The van der Waals surface area contributed by atoms with Crippen molar-refractivity contribution in [3.8, 4) is 0 Å². The van der Waals surface area contributed by atoms with Gasteiger partial charge in [0, 0.05) is 6.92 Å². The van der Waals surface area contributed by atoms with Crippen LogP contribution in [-0.2, 0) is 9.59 Å². The standard InChI is InChI=1S/C8H15NO6.ClH/c1-4(12)9-5(2-10)7(14)8(15)6(13)3-11;/h2,5-8,11,13-15H,3H2,1H3,(H,9,12);1H/t5-,6+,7+,8+;/m0./s1. The van der Waals surface area contributed by atoms with E-state index in [2.05, 4.69) is 5.32 Å². The summed E-state index contributed by atoms with van der Waals surface area (Å²) in [5.74, 6) is -0.558. The number of hydrogen-bond donors (Lipinski definition) is 5. The van der Waals surface area contributed by atoms with Crippen LogP contribution in [0.5, 0.6) is 0 Å². The monoisotopic (exact) mass is 257 g/mol. The first-order valence-electron chi connectivity index (χ1n) is 4.31. The molecule has 4 atom stereocenters. The van der Waals surface area contributed by atoms with Crippen LogP contribution >= 0.6 is 12.4 Å². The number of hydrogen-bond acceptors (Lipinski definition) is 6. The Kier molecular flexibility index (Phi) is 9.30. The number of rotatable bonds is 6. The second-order valence-corrected chi connectivity index (χ2v) is 3.09. The summed E-state index contributed by atoms with van der Waals surface area (Å²) in [5.41, 5.74) is 0. The first kappa shape index (κ1) is 17.7. The van der Waals surface area contributed by atoms with E-state index in [9.17, 15) is 19.8 Å². The van der Waals surface area contributed by atoms with Crippen LogP contribution in [0.4, 0.5) is 0 Å². The number of aliphatic hydroxyl groups excluding tert-OH is 4. The smallest absolute Gasteiger partial charge is 0.217 e. The molecule has 0 saturated heterocycles. The zero-order chi connectivity index (χ0) is 12.0. The molecule has 0 saturated carbocycles. The number of amides is 1. The fourth-order valence-electron chi connectivity index (χ4n) is 0.983. The van der Waals surface area contributed by atoms with Crippen LogP contribution in [0.15, 0.2) is 0 Å². The van der Waals surface area contributed by atoms with E-state index in [1.54, 1.807) is 0 Å². The minimum Gasteiger partial charge on any atom is -0.394 e. The molecule has 16 heavy (non-hydrogen) atoms. The topological polar surface area (TPSA) is 127 Å². The van der Waals surface area contributed by atoms with E-state index in [0.29, 0.717) is 0 Å². The second kappa shape index (κ2) is 8.43. The number of carbonyl (C=O) groups excluding carboxylic acids is 2. The van der Waals surface area contributed by atoms with Crippen molar-refractivity contribution in [2.24, 2.45) is 0 Å². The molecule has 5 N–H and O–H groups in total. The fraction of sp³-hybridized carbons (Fsp3) is 0.750. The Hall–Kier alpha value is -0.730. The highest BCUT2D eigenvalue weighted by Crippen LogP contribution is 2.03. The zero-order valence-corrected chi connectivity index (χ0v) is 9.42. The van der Waals surface area contributed by atoms with E-state index in [1.807, 2.05) is 0 Å². The molecule has 0 radical (unpaired) electrons. The van der Waals surface area contributed by atoms with E-state index >= 15 is 0 Å². The lowest BCUT2D eigenvalue weighted by molar-refractivity contribution is -0.129. The van der Waals surface area contributed by atoms with E-state index in [0.717, 1.165) is 6.92 Å². The average Bonchev–Trinajstić information content (AvgIpc) is 2.22. The average molecular weight is 258 g/mol. The molecule has 0 fully saturated rings. The third-order valence-electron chi connectivity index (χ3n) is 1.82. The molecule has 8 heteroatoms. The van der Waals surface area contributed by atoms with Crippen LogP contribution in [0.1, 0.15) is 6.92 Å². The van der Waals surface area contributed by atoms with Crippen LogP contribution in [0.25, 0.3) is 0 Å². The van der Waals surface area contributed by atoms with Crippen LogP contribution in [0.2, 0.25) is 0 Å². The molecule has 96 valence electrons. The molecule has 0 aliphatic heterocycles. The first-order valence-corrected chi connectivity index (χ1v) is 4.31. The van der Waals surface area contributed by atoms with Gasteiger partial charge < -0.3 is 30.5 Å². The van der Waals surface area contributed by atoms with Crippen molar-refractivity contribution in [1.29, 1.82) is 0 Å². The van der Waals surface area contributed by atoms with E-state index in [4.69, 9.17) is 10.2 Å². The maximum absolute atomic E-state index is 10.6. The lowest BCUT2D eigenvalue weighted by Gasteiger charge is -2.25. The van der Waals surface area contributed by atoms with Gasteiger partial charge in [-0.15, -0.1) is 12.4 Å². The van der Waals surface area contributed by atoms with Gasteiger partial charge >= 0.3 is 0 Å². The van der Waals surface area contributed by atoms with Crippen molar-refractivity contribution < 1.29 is 30.0 Å². The van der Waals surface area contributed by atoms with E-state index in [1.165, 1.54) is 0 Å². The highest BCUT2D eigenvalue weighted by atomic mass is 35.5. The first-order chi connectivity index (χ1) is 6.93. The van der Waals surface area contributed by atoms with Gasteiger partial charge in [-0.1, -0.05) is 0 Å². The molecule has 0 aliphatic carbocycles. The fourth-order valence-corrected chi connectivity index (χ4v) is 0.983. The van der Waals surface area contributed by atoms with Crippen LogP contribution in [0.3, 0.4) is 0 Å². The number of nitrogens with one attached hydrogen (secondary N) is 1. The van der Waals surface area contributed by atoms with Crippen molar-refractivity contribution in [3.05, 3.63) is 0 Å². The summed E-state index contributed by atoms with van der Waals surface area (Å²) in [6.45, 7) is 0.377. The number of halogens is 1. The van der Waals surface area contributed by atoms with Gasteiger partial charge in [0.2, 0.25) is 5.91 Å². The maximum atomic E-state index is 10.6. The Balaban J connectivity index is 0. The predicted octanol–water partition coefficient (Wildman–Crippen LogP) is -2.81. The van der Waals surface area contributed by atoms with Crippen molar-refractivity contribution >= 4 is 24.6 Å². The van der Waals surface area contributed by atoms with E-state index in [-0.39, 0.29) is 18.7 Å². The van der Waals surface area contributed by atoms with Gasteiger partial charge in [-0.05, 0) is 0 Å². The number of aliphatic hydroxyl groups is 4. The van der Waals surface area contributed by atoms with Crippen LogP contribution < -0.4 is 5.32 Å². The molecule has 0 unspecified atom stereocenters. The van der Waals surface area contributed by atoms with Crippen LogP contribution in [-0.4, -0.2) is 63.6 Å². The summed E-state index contributed by atoms with van der Waals surface area (Å²) in [7, 11) is 0. The summed E-state index contributed by atoms with van der Waals surface area (Å²) in [5, 5.41) is 38.2. The van der Waals surface area contributed by atoms with Crippen molar-refractivity contribution in [3.63, 3.8) is 0 Å². The Morgan fingerprint density at radius 3 is 2.12 bits per heavy atom. The lowest BCUT2D eigenvalue weighted by Crippen LogP contribution is -2.53. The Morgan fingerprint density at radius 1 is 1.31 bits per heavy atom. The second-order valence-electron chi connectivity index (χ2n) is 3.09. The highest BCUT2D eigenvalue weighted by molar-refractivity contribution is 5.85. The minimum absolute atomic E-state index is 0. The maximum Gasteiger partial charge on any atom is 0.217 e. The van der Waals surface area contributed by atoms with E-state index < -0.39 is 36.9 Å². The van der Waals surface area contributed by atoms with Gasteiger partial charge in [-0.2, -0.15) is 0 Å². The molecule has 0 aromatic heterocycles. The molecule has 0 aromatic carbocycles. The third-order valence-corrected chi connectivity index (χ3v) is 1.82. The Morgan fingerprint density at radius 2 is 1.81 bits per heavy atom. The molecule has 1 amide bonds. The Bertz CT molecular complexity index is 227. The summed E-state index contributed by atoms with van der Waals surface area (Å²) >= 11 is 0. The van der Waals surface area contributed by atoms with Gasteiger partial charge in [0.05, 0.1) is 6.61 Å². The molecule has 0 heterocycles. The third kappa shape index (κ3) is 5.38. The largest absolute Gasteiger partial charge is 0.394 e. The van der Waals surface area contributed by atoms with Gasteiger partial charge in [-0.25, -0.2) is 0 Å². The van der Waals surface area contributed by atoms with Gasteiger partial charge in [0.25, 0.3) is 0 Å². The minimum atomic E-state index is -1.71. The molecule has 7 nitrogen and oxygen atoms in total. The number of carbonyl (C=O) groups is 2. The molecule has 0 spiro atoms. The zero-order valence-electron chi connectivity index (χ0n) is 8.61. The highest BCUT2D eigenvalue weighted by Gasteiger charge is 2.31. The SMILES string of the molecule is CC(=O)N[C@@H](C=O)[C@@H](O)[C@H](O)[C@H](O)CO.Cl. The van der Waals surface area contributed by atoms with Gasteiger partial charge in [0.15, 0.2) is 0 Å². The van der Waals surface area contributed by atoms with Crippen molar-refractivity contribution in [1.82, 2.24) is 5.32 Å². The van der Waals surface area contributed by atoms with Crippen LogP contribution in [0, 0.1) is 0 Å². The van der Waals surface area contributed by atoms with Crippen molar-refractivity contribution in [2.45, 2.75) is 31.3 Å². The predicted molar refractivity (Wildman–Crippen MR) is 56.0 cm³/mol. The summed E-state index contributed by atoms with van der Waals surface area (Å²) < 4.78 is 0. The Labute approximate surface area is 98.5 Å². The summed E-state index contributed by atoms with van der Waals surface area (Å²) in [6, 6.07) is -1.32. The number of aldehydes is 1. The van der Waals surface area contributed by atoms with Gasteiger partial charge in [0.1, 0.15) is 30.6 Å². The van der Waals surface area contributed by atoms with Crippen molar-refractivity contribution in [2.75, 3.05) is 6.61 Å². The summed E-state index contributed by atoms with van der Waals surface area (Å²) in [6.07, 6.45) is -4.72. The normalized spacial score (nSPS) is 17.6. The molecule has 0 aliphatic rings. The molecule has 0 bridgehead atoms. The molecule has 0 rings (SSSR count). The van der Waals surface area contributed by atoms with Gasteiger partial charge in [-0.3, -0.25) is 4.79 Å².